The molecule has 0 saturated carbocycles. The number of carbonyl (C=O) groups excluding carboxylic acids is 1. The zero-order valence-corrected chi connectivity index (χ0v) is 10.3. The highest BCUT2D eigenvalue weighted by Gasteiger charge is 1.91. The van der Waals surface area contributed by atoms with Crippen molar-refractivity contribution in [1.29, 1.82) is 0 Å². The molecule has 3 heteroatoms. The van der Waals surface area contributed by atoms with Crippen LogP contribution in [0.4, 0.5) is 0 Å². The van der Waals surface area contributed by atoms with Gasteiger partial charge in [0.1, 0.15) is 5.78 Å². The lowest BCUT2D eigenvalue weighted by atomic mass is 10.2. The van der Waals surface area contributed by atoms with Gasteiger partial charge in [-0.15, -0.1) is 0 Å². The standard InChI is InChI=1S/C13H20N2O/c1-11(2)6-7-13(9-14)10-15-8-4-5-12(3)16/h9-11H,4-5,8,14H2,1-3H3. The third kappa shape index (κ3) is 9.01. The number of hydrogen-bond acceptors (Lipinski definition) is 3. The van der Waals surface area contributed by atoms with Crippen molar-refractivity contribution >= 4 is 12.0 Å². The Balaban J connectivity index is 4.01. The zero-order chi connectivity index (χ0) is 12.4. The quantitative estimate of drug-likeness (QED) is 0.437. The number of hydrogen-bond donors (Lipinski definition) is 1. The third-order valence-electron chi connectivity index (χ3n) is 1.73. The molecule has 0 saturated heterocycles. The van der Waals surface area contributed by atoms with E-state index >= 15 is 0 Å². The van der Waals surface area contributed by atoms with Gasteiger partial charge in [-0.2, -0.15) is 0 Å². The third-order valence-corrected chi connectivity index (χ3v) is 1.73. The lowest BCUT2D eigenvalue weighted by molar-refractivity contribution is -0.117. The minimum Gasteiger partial charge on any atom is -0.404 e. The molecule has 0 amide bonds. The topological polar surface area (TPSA) is 55.5 Å². The molecule has 0 heterocycles. The number of nitrogens with zero attached hydrogens (tertiary/aromatic N) is 1. The molecular formula is C13H20N2O. The van der Waals surface area contributed by atoms with Crippen LogP contribution in [0.15, 0.2) is 16.8 Å². The van der Waals surface area contributed by atoms with Crippen LogP contribution in [-0.4, -0.2) is 18.5 Å². The molecule has 0 aromatic heterocycles. The normalized spacial score (nSPS) is 11.6. The summed E-state index contributed by atoms with van der Waals surface area (Å²) in [5.41, 5.74) is 6.13. The first-order valence-corrected chi connectivity index (χ1v) is 5.49. The van der Waals surface area contributed by atoms with E-state index in [1.165, 1.54) is 6.20 Å². The first kappa shape index (κ1) is 14.4. The van der Waals surface area contributed by atoms with Crippen LogP contribution in [0, 0.1) is 17.8 Å². The molecule has 0 aliphatic carbocycles. The summed E-state index contributed by atoms with van der Waals surface area (Å²) in [5.74, 6) is 6.47. The number of nitrogens with two attached hydrogens (primary N) is 1. The Morgan fingerprint density at radius 2 is 2.19 bits per heavy atom. The van der Waals surface area contributed by atoms with Crippen LogP contribution in [0.2, 0.25) is 0 Å². The predicted molar refractivity (Wildman–Crippen MR) is 68.2 cm³/mol. The number of carbonyl (C=O) groups is 1. The summed E-state index contributed by atoms with van der Waals surface area (Å²) in [6.45, 7) is 6.26. The molecule has 0 atom stereocenters. The van der Waals surface area contributed by atoms with Gasteiger partial charge in [0, 0.05) is 31.3 Å². The molecule has 16 heavy (non-hydrogen) atoms. The predicted octanol–water partition coefficient (Wildman–Crippen LogP) is 1.93. The van der Waals surface area contributed by atoms with Gasteiger partial charge in [-0.05, 0) is 13.3 Å². The van der Waals surface area contributed by atoms with Gasteiger partial charge in [0.25, 0.3) is 0 Å². The van der Waals surface area contributed by atoms with E-state index in [0.29, 0.717) is 18.9 Å². The molecule has 0 aromatic carbocycles. The lowest BCUT2D eigenvalue weighted by Crippen LogP contribution is -1.93. The Bertz CT molecular complexity index is 330. The van der Waals surface area contributed by atoms with Gasteiger partial charge in [-0.3, -0.25) is 4.99 Å². The van der Waals surface area contributed by atoms with Gasteiger partial charge in [0.15, 0.2) is 0 Å². The van der Waals surface area contributed by atoms with Gasteiger partial charge < -0.3 is 10.5 Å². The molecule has 88 valence electrons. The number of ketones is 1. The molecule has 0 unspecified atom stereocenters. The molecule has 0 aliphatic heterocycles. The highest BCUT2D eigenvalue weighted by molar-refractivity contribution is 5.84. The van der Waals surface area contributed by atoms with Gasteiger partial charge in [-0.1, -0.05) is 25.7 Å². The number of aliphatic imine (C=N–C) groups is 1. The molecule has 2 N–H and O–H groups in total. The number of allylic oxidation sites excluding steroid dienone is 1. The van der Waals surface area contributed by atoms with E-state index in [-0.39, 0.29) is 5.78 Å². The van der Waals surface area contributed by atoms with Crippen LogP contribution in [0.1, 0.15) is 33.6 Å². The van der Waals surface area contributed by atoms with Gasteiger partial charge >= 0.3 is 0 Å². The maximum Gasteiger partial charge on any atom is 0.129 e. The molecule has 0 aliphatic rings. The smallest absolute Gasteiger partial charge is 0.129 e. The highest BCUT2D eigenvalue weighted by Crippen LogP contribution is 1.93. The van der Waals surface area contributed by atoms with Gasteiger partial charge in [0.2, 0.25) is 0 Å². The molecular weight excluding hydrogens is 200 g/mol. The Hall–Kier alpha value is -1.56. The Morgan fingerprint density at radius 3 is 2.69 bits per heavy atom. The SMILES string of the molecule is CC(=O)CCCN=CC(C#CC(C)C)=CN. The Labute approximate surface area is 97.8 Å². The molecule has 3 nitrogen and oxygen atoms in total. The Morgan fingerprint density at radius 1 is 1.50 bits per heavy atom. The summed E-state index contributed by atoms with van der Waals surface area (Å²) in [4.78, 5) is 14.8. The van der Waals surface area contributed by atoms with Gasteiger partial charge in [-0.25, -0.2) is 0 Å². The van der Waals surface area contributed by atoms with Crippen LogP contribution in [-0.2, 0) is 4.79 Å². The van der Waals surface area contributed by atoms with Crippen LogP contribution in [0.3, 0.4) is 0 Å². The van der Waals surface area contributed by atoms with E-state index in [1.54, 1.807) is 13.1 Å². The van der Waals surface area contributed by atoms with Gasteiger partial charge in [0.05, 0.1) is 5.57 Å². The van der Waals surface area contributed by atoms with Crippen LogP contribution in [0.5, 0.6) is 0 Å². The monoisotopic (exact) mass is 220 g/mol. The van der Waals surface area contributed by atoms with Crippen molar-refractivity contribution in [2.75, 3.05) is 6.54 Å². The second-order valence-corrected chi connectivity index (χ2v) is 3.89. The first-order chi connectivity index (χ1) is 7.56. The summed E-state index contributed by atoms with van der Waals surface area (Å²) in [6.07, 6.45) is 4.47. The van der Waals surface area contributed by atoms with Crippen molar-refractivity contribution in [2.45, 2.75) is 33.6 Å². The molecule has 0 fully saturated rings. The zero-order valence-electron chi connectivity index (χ0n) is 10.3. The Kier molecular flexibility index (Phi) is 7.87. The number of rotatable bonds is 5. The fraction of sp³-hybridized carbons (Fsp3) is 0.538. The molecule has 0 radical (unpaired) electrons. The van der Waals surface area contributed by atoms with Crippen molar-refractivity contribution in [1.82, 2.24) is 0 Å². The van der Waals surface area contributed by atoms with E-state index in [4.69, 9.17) is 5.73 Å². The molecule has 0 aromatic rings. The minimum absolute atomic E-state index is 0.199. The first-order valence-electron chi connectivity index (χ1n) is 5.49. The van der Waals surface area contributed by atoms with Crippen molar-refractivity contribution in [3.8, 4) is 11.8 Å². The maximum atomic E-state index is 10.7. The fourth-order valence-electron chi connectivity index (χ4n) is 0.927. The van der Waals surface area contributed by atoms with E-state index in [0.717, 1.165) is 12.0 Å². The highest BCUT2D eigenvalue weighted by atomic mass is 16.1. The summed E-state index contributed by atoms with van der Waals surface area (Å²) in [7, 11) is 0. The van der Waals surface area contributed by atoms with Crippen molar-refractivity contribution in [3.63, 3.8) is 0 Å². The van der Waals surface area contributed by atoms with Crippen LogP contribution >= 0.6 is 0 Å². The maximum absolute atomic E-state index is 10.7. The summed E-state index contributed by atoms with van der Waals surface area (Å²) < 4.78 is 0. The van der Waals surface area contributed by atoms with E-state index in [1.807, 2.05) is 13.8 Å². The summed E-state index contributed by atoms with van der Waals surface area (Å²) in [5, 5.41) is 0. The molecule has 0 spiro atoms. The van der Waals surface area contributed by atoms with E-state index in [9.17, 15) is 4.79 Å². The average Bonchev–Trinajstić information content (AvgIpc) is 2.21. The van der Waals surface area contributed by atoms with Crippen molar-refractivity contribution in [2.24, 2.45) is 16.6 Å². The number of Topliss-reactive ketones (excluding diaryl/α,β-unsaturated/α-hetero) is 1. The van der Waals surface area contributed by atoms with E-state index in [2.05, 4.69) is 16.8 Å². The largest absolute Gasteiger partial charge is 0.404 e. The summed E-state index contributed by atoms with van der Waals surface area (Å²) >= 11 is 0. The van der Waals surface area contributed by atoms with Crippen molar-refractivity contribution < 1.29 is 4.79 Å². The van der Waals surface area contributed by atoms with Crippen molar-refractivity contribution in [3.05, 3.63) is 11.8 Å². The fourth-order valence-corrected chi connectivity index (χ4v) is 0.927. The second-order valence-electron chi connectivity index (χ2n) is 3.89. The minimum atomic E-state index is 0.199. The summed E-state index contributed by atoms with van der Waals surface area (Å²) in [6, 6.07) is 0. The van der Waals surface area contributed by atoms with Crippen LogP contribution in [0.25, 0.3) is 0 Å². The molecule has 0 bridgehead atoms. The van der Waals surface area contributed by atoms with E-state index < -0.39 is 0 Å². The molecule has 0 rings (SSSR count). The second kappa shape index (κ2) is 8.72. The van der Waals surface area contributed by atoms with Crippen LogP contribution < -0.4 is 5.73 Å². The average molecular weight is 220 g/mol. The lowest BCUT2D eigenvalue weighted by Gasteiger charge is -1.93.